The molecule has 0 fully saturated rings. The van der Waals surface area contributed by atoms with Gasteiger partial charge in [-0.15, -0.1) is 0 Å². The number of fused-ring (bicyclic) bond motifs is 2. The van der Waals surface area contributed by atoms with Crippen molar-refractivity contribution in [3.63, 3.8) is 0 Å². The van der Waals surface area contributed by atoms with Crippen LogP contribution >= 0.6 is 0 Å². The first kappa shape index (κ1) is 33.2. The van der Waals surface area contributed by atoms with Gasteiger partial charge in [0.15, 0.2) is 0 Å². The Morgan fingerprint density at radius 3 is 1.45 bits per heavy atom. The fourth-order valence-corrected chi connectivity index (χ4v) is 7.87. The first-order chi connectivity index (χ1) is 27.7. The van der Waals surface area contributed by atoms with Crippen molar-refractivity contribution in [2.45, 2.75) is 0 Å². The third kappa shape index (κ3) is 6.34. The van der Waals surface area contributed by atoms with Crippen molar-refractivity contribution in [3.8, 4) is 55.8 Å². The molecule has 2 nitrogen and oxygen atoms in total. The van der Waals surface area contributed by atoms with Crippen molar-refractivity contribution in [2.75, 3.05) is 4.90 Å². The average molecular weight is 716 g/mol. The molecule has 56 heavy (non-hydrogen) atoms. The summed E-state index contributed by atoms with van der Waals surface area (Å²) in [6.07, 6.45) is 0. The number of rotatable bonds is 8. The summed E-state index contributed by atoms with van der Waals surface area (Å²) in [5.41, 5.74) is 14.8. The number of nitrogens with zero attached hydrogens (tertiary/aromatic N) is 1. The standard InChI is InChI=1S/C54H37NO/c1-3-13-38(14-4-1)40-25-29-47(30-26-40)55(48-31-27-41(28-32-48)43-19-11-18-42(35-43)39-15-5-2-6-16-39)52-34-33-49(50-22-8-9-23-51(50)52)44-20-12-21-45(36-44)54-37-46-17-7-10-24-53(46)56-54/h1-37H. The van der Waals surface area contributed by atoms with Crippen LogP contribution in [0.25, 0.3) is 77.6 Å². The van der Waals surface area contributed by atoms with Crippen molar-refractivity contribution >= 4 is 38.8 Å². The van der Waals surface area contributed by atoms with E-state index in [1.165, 1.54) is 49.7 Å². The number of anilines is 3. The number of benzene rings is 9. The first-order valence-corrected chi connectivity index (χ1v) is 19.1. The van der Waals surface area contributed by atoms with E-state index in [0.29, 0.717) is 0 Å². The predicted molar refractivity (Wildman–Crippen MR) is 236 cm³/mol. The minimum atomic E-state index is 0.870. The minimum absolute atomic E-state index is 0.870. The summed E-state index contributed by atoms with van der Waals surface area (Å²) in [7, 11) is 0. The predicted octanol–water partition coefficient (Wildman–Crippen LogP) is 15.4. The average Bonchev–Trinajstić information content (AvgIpc) is 3.73. The SMILES string of the molecule is c1ccc(-c2ccc(N(c3ccc(-c4cccc(-c5ccccc5)c4)cc3)c3ccc(-c4cccc(-c5cc6ccccc6o5)c4)c4ccccc34)cc2)cc1. The number of para-hydroxylation sites is 1. The molecule has 0 bridgehead atoms. The van der Waals surface area contributed by atoms with Crippen molar-refractivity contribution in [1.29, 1.82) is 0 Å². The summed E-state index contributed by atoms with van der Waals surface area (Å²) in [4.78, 5) is 2.38. The Morgan fingerprint density at radius 2 is 0.786 bits per heavy atom. The van der Waals surface area contributed by atoms with Crippen LogP contribution in [-0.4, -0.2) is 0 Å². The van der Waals surface area contributed by atoms with E-state index in [9.17, 15) is 0 Å². The van der Waals surface area contributed by atoms with Gasteiger partial charge in [-0.2, -0.15) is 0 Å². The Bertz CT molecular complexity index is 2910. The van der Waals surface area contributed by atoms with E-state index in [2.05, 4.69) is 211 Å². The molecule has 10 rings (SSSR count). The molecule has 0 atom stereocenters. The van der Waals surface area contributed by atoms with E-state index in [1.807, 2.05) is 18.2 Å². The minimum Gasteiger partial charge on any atom is -0.456 e. The molecule has 1 heterocycles. The molecule has 2 heteroatoms. The van der Waals surface area contributed by atoms with Crippen LogP contribution in [0.4, 0.5) is 17.1 Å². The molecule has 0 saturated carbocycles. The van der Waals surface area contributed by atoms with Crippen LogP contribution in [0.5, 0.6) is 0 Å². The zero-order valence-electron chi connectivity index (χ0n) is 30.7. The van der Waals surface area contributed by atoms with Crippen molar-refractivity contribution < 1.29 is 4.42 Å². The van der Waals surface area contributed by atoms with Gasteiger partial charge in [-0.25, -0.2) is 0 Å². The normalized spacial score (nSPS) is 11.2. The third-order valence-corrected chi connectivity index (χ3v) is 10.7. The Balaban J connectivity index is 1.07. The molecule has 10 aromatic rings. The van der Waals surface area contributed by atoms with Crippen molar-refractivity contribution in [3.05, 3.63) is 224 Å². The molecule has 0 saturated heterocycles. The largest absolute Gasteiger partial charge is 0.456 e. The lowest BCUT2D eigenvalue weighted by Gasteiger charge is -2.28. The smallest absolute Gasteiger partial charge is 0.135 e. The van der Waals surface area contributed by atoms with E-state index in [1.54, 1.807) is 0 Å². The van der Waals surface area contributed by atoms with Gasteiger partial charge in [0.05, 0.1) is 5.69 Å². The van der Waals surface area contributed by atoms with Crippen molar-refractivity contribution in [2.24, 2.45) is 0 Å². The molecule has 0 N–H and O–H groups in total. The highest BCUT2D eigenvalue weighted by molar-refractivity contribution is 6.06. The molecule has 0 amide bonds. The van der Waals surface area contributed by atoms with Gasteiger partial charge in [0, 0.05) is 27.7 Å². The lowest BCUT2D eigenvalue weighted by Crippen LogP contribution is -2.10. The van der Waals surface area contributed by atoms with E-state index in [-0.39, 0.29) is 0 Å². The highest BCUT2D eigenvalue weighted by Crippen LogP contribution is 2.43. The van der Waals surface area contributed by atoms with Gasteiger partial charge in [0.1, 0.15) is 11.3 Å². The first-order valence-electron chi connectivity index (χ1n) is 19.1. The highest BCUT2D eigenvalue weighted by Gasteiger charge is 2.18. The Kier molecular flexibility index (Phi) is 8.55. The summed E-state index contributed by atoms with van der Waals surface area (Å²) in [6.45, 7) is 0. The summed E-state index contributed by atoms with van der Waals surface area (Å²) < 4.78 is 6.27. The van der Waals surface area contributed by atoms with Gasteiger partial charge in [-0.05, 0) is 104 Å². The lowest BCUT2D eigenvalue weighted by molar-refractivity contribution is 0.631. The van der Waals surface area contributed by atoms with E-state index < -0.39 is 0 Å². The molecule has 9 aromatic carbocycles. The van der Waals surface area contributed by atoms with Gasteiger partial charge >= 0.3 is 0 Å². The second-order valence-electron chi connectivity index (χ2n) is 14.1. The van der Waals surface area contributed by atoms with Crippen molar-refractivity contribution in [1.82, 2.24) is 0 Å². The Morgan fingerprint density at radius 1 is 0.304 bits per heavy atom. The summed E-state index contributed by atoms with van der Waals surface area (Å²) in [6, 6.07) is 80.1. The molecule has 0 unspecified atom stereocenters. The maximum atomic E-state index is 6.27. The summed E-state index contributed by atoms with van der Waals surface area (Å²) in [5, 5.41) is 3.46. The van der Waals surface area contributed by atoms with Crippen LogP contribution in [-0.2, 0) is 0 Å². The second kappa shape index (κ2) is 14.4. The highest BCUT2D eigenvalue weighted by atomic mass is 16.3. The van der Waals surface area contributed by atoms with Crippen LogP contribution in [0.15, 0.2) is 229 Å². The number of furan rings is 1. The van der Waals surface area contributed by atoms with Crippen LogP contribution in [0.1, 0.15) is 0 Å². The van der Waals surface area contributed by atoms with E-state index in [4.69, 9.17) is 4.42 Å². The summed E-state index contributed by atoms with van der Waals surface area (Å²) >= 11 is 0. The van der Waals surface area contributed by atoms with Gasteiger partial charge in [0.2, 0.25) is 0 Å². The van der Waals surface area contributed by atoms with E-state index >= 15 is 0 Å². The molecular weight excluding hydrogens is 679 g/mol. The molecular formula is C54H37NO. The molecule has 0 aliphatic heterocycles. The number of hydrogen-bond acceptors (Lipinski definition) is 2. The fraction of sp³-hybridized carbons (Fsp3) is 0. The molecule has 0 radical (unpaired) electrons. The Hall–Kier alpha value is -7.42. The molecule has 0 aliphatic carbocycles. The van der Waals surface area contributed by atoms with Crippen LogP contribution in [0.3, 0.4) is 0 Å². The zero-order valence-corrected chi connectivity index (χ0v) is 30.7. The summed E-state index contributed by atoms with van der Waals surface area (Å²) in [5.74, 6) is 0.870. The Labute approximate surface area is 327 Å². The quantitative estimate of drug-likeness (QED) is 0.156. The maximum absolute atomic E-state index is 6.27. The molecule has 0 aliphatic rings. The second-order valence-corrected chi connectivity index (χ2v) is 14.1. The van der Waals surface area contributed by atoms with Crippen LogP contribution in [0.2, 0.25) is 0 Å². The van der Waals surface area contributed by atoms with Gasteiger partial charge in [0.25, 0.3) is 0 Å². The molecule has 0 spiro atoms. The molecule has 264 valence electrons. The third-order valence-electron chi connectivity index (χ3n) is 10.7. The monoisotopic (exact) mass is 715 g/mol. The van der Waals surface area contributed by atoms with Crippen LogP contribution in [0, 0.1) is 0 Å². The maximum Gasteiger partial charge on any atom is 0.135 e. The van der Waals surface area contributed by atoms with Gasteiger partial charge in [-0.1, -0.05) is 170 Å². The van der Waals surface area contributed by atoms with Crippen LogP contribution < -0.4 is 4.90 Å². The fourth-order valence-electron chi connectivity index (χ4n) is 7.87. The lowest BCUT2D eigenvalue weighted by atomic mass is 9.94. The number of hydrogen-bond donors (Lipinski definition) is 0. The van der Waals surface area contributed by atoms with E-state index in [0.717, 1.165) is 44.9 Å². The topological polar surface area (TPSA) is 16.4 Å². The zero-order chi connectivity index (χ0) is 37.3. The van der Waals surface area contributed by atoms with Gasteiger partial charge in [-0.3, -0.25) is 0 Å². The van der Waals surface area contributed by atoms with Gasteiger partial charge < -0.3 is 9.32 Å². The molecule has 1 aromatic heterocycles.